The molecular formula is C15H12BrNO. The van der Waals surface area contributed by atoms with Crippen molar-refractivity contribution in [2.24, 2.45) is 0 Å². The lowest BCUT2D eigenvalue weighted by atomic mass is 10.2. The van der Waals surface area contributed by atoms with Crippen molar-refractivity contribution >= 4 is 26.8 Å². The lowest BCUT2D eigenvalue weighted by Gasteiger charge is -2.07. The average molecular weight is 302 g/mol. The Labute approximate surface area is 114 Å². The summed E-state index contributed by atoms with van der Waals surface area (Å²) in [4.78, 5) is 3.20. The van der Waals surface area contributed by atoms with Gasteiger partial charge in [-0.2, -0.15) is 0 Å². The predicted octanol–water partition coefficient (Wildman–Crippen LogP) is 4.51. The molecule has 0 unspecified atom stereocenters. The molecule has 90 valence electrons. The lowest BCUT2D eigenvalue weighted by Crippen LogP contribution is -1.95. The second-order valence-electron chi connectivity index (χ2n) is 4.09. The fourth-order valence-corrected chi connectivity index (χ4v) is 2.49. The molecule has 0 aliphatic heterocycles. The van der Waals surface area contributed by atoms with Crippen molar-refractivity contribution in [3.8, 4) is 5.75 Å². The Bertz CT molecular complexity index is 661. The van der Waals surface area contributed by atoms with Gasteiger partial charge in [-0.3, -0.25) is 0 Å². The highest BCUT2D eigenvalue weighted by Gasteiger charge is 2.07. The molecule has 3 rings (SSSR count). The lowest BCUT2D eigenvalue weighted by molar-refractivity contribution is 0.310. The first kappa shape index (κ1) is 11.4. The summed E-state index contributed by atoms with van der Waals surface area (Å²) in [6.45, 7) is 0.581. The van der Waals surface area contributed by atoms with E-state index in [0.29, 0.717) is 6.61 Å². The number of fused-ring (bicyclic) bond motifs is 1. The number of hydrogen-bond donors (Lipinski definition) is 1. The van der Waals surface area contributed by atoms with E-state index < -0.39 is 0 Å². The third-order valence-corrected chi connectivity index (χ3v) is 3.48. The SMILES string of the molecule is Brc1c[nH]c2cccc(OCc3ccccc3)c12. The summed E-state index contributed by atoms with van der Waals surface area (Å²) >= 11 is 3.53. The van der Waals surface area contributed by atoms with Crippen LogP contribution >= 0.6 is 15.9 Å². The van der Waals surface area contributed by atoms with Crippen LogP contribution in [-0.4, -0.2) is 4.98 Å². The predicted molar refractivity (Wildman–Crippen MR) is 76.8 cm³/mol. The van der Waals surface area contributed by atoms with E-state index in [0.717, 1.165) is 21.1 Å². The van der Waals surface area contributed by atoms with Crippen LogP contribution < -0.4 is 4.74 Å². The van der Waals surface area contributed by atoms with Gasteiger partial charge in [0.2, 0.25) is 0 Å². The van der Waals surface area contributed by atoms with Crippen LogP contribution in [-0.2, 0) is 6.61 Å². The Kier molecular flexibility index (Phi) is 3.07. The highest BCUT2D eigenvalue weighted by atomic mass is 79.9. The van der Waals surface area contributed by atoms with Crippen LogP contribution in [0.2, 0.25) is 0 Å². The van der Waals surface area contributed by atoms with E-state index in [2.05, 4.69) is 33.0 Å². The van der Waals surface area contributed by atoms with Crippen molar-refractivity contribution in [2.45, 2.75) is 6.61 Å². The van der Waals surface area contributed by atoms with Gasteiger partial charge in [-0.25, -0.2) is 0 Å². The number of H-pyrrole nitrogens is 1. The molecule has 0 aliphatic rings. The highest BCUT2D eigenvalue weighted by Crippen LogP contribution is 2.32. The largest absolute Gasteiger partial charge is 0.488 e. The fourth-order valence-electron chi connectivity index (χ4n) is 1.97. The van der Waals surface area contributed by atoms with Gasteiger partial charge < -0.3 is 9.72 Å². The minimum atomic E-state index is 0.581. The van der Waals surface area contributed by atoms with Crippen molar-refractivity contribution in [2.75, 3.05) is 0 Å². The molecule has 1 N–H and O–H groups in total. The van der Waals surface area contributed by atoms with Crippen molar-refractivity contribution in [1.82, 2.24) is 4.98 Å². The molecule has 0 saturated carbocycles. The average Bonchev–Trinajstić information content (AvgIpc) is 2.80. The maximum Gasteiger partial charge on any atom is 0.130 e. The quantitative estimate of drug-likeness (QED) is 0.756. The van der Waals surface area contributed by atoms with Gasteiger partial charge in [-0.1, -0.05) is 36.4 Å². The number of aromatic amines is 1. The first-order valence-electron chi connectivity index (χ1n) is 5.77. The zero-order valence-corrected chi connectivity index (χ0v) is 11.3. The van der Waals surface area contributed by atoms with Crippen LogP contribution in [0.1, 0.15) is 5.56 Å². The molecule has 0 aliphatic carbocycles. The number of benzene rings is 2. The maximum absolute atomic E-state index is 5.89. The van der Waals surface area contributed by atoms with E-state index in [1.54, 1.807) is 0 Å². The Morgan fingerprint density at radius 3 is 2.67 bits per heavy atom. The van der Waals surface area contributed by atoms with Crippen molar-refractivity contribution in [1.29, 1.82) is 0 Å². The summed E-state index contributed by atoms with van der Waals surface area (Å²) in [7, 11) is 0. The topological polar surface area (TPSA) is 25.0 Å². The number of aromatic nitrogens is 1. The van der Waals surface area contributed by atoms with E-state index in [4.69, 9.17) is 4.74 Å². The zero-order valence-electron chi connectivity index (χ0n) is 9.69. The van der Waals surface area contributed by atoms with Crippen LogP contribution in [0.3, 0.4) is 0 Å². The number of halogens is 1. The molecule has 0 spiro atoms. The van der Waals surface area contributed by atoms with Gasteiger partial charge in [0.25, 0.3) is 0 Å². The third kappa shape index (κ3) is 2.14. The van der Waals surface area contributed by atoms with Gasteiger partial charge in [0, 0.05) is 10.7 Å². The van der Waals surface area contributed by atoms with Crippen molar-refractivity contribution < 1.29 is 4.74 Å². The smallest absolute Gasteiger partial charge is 0.130 e. The summed E-state index contributed by atoms with van der Waals surface area (Å²) < 4.78 is 6.92. The second kappa shape index (κ2) is 4.86. The monoisotopic (exact) mass is 301 g/mol. The summed E-state index contributed by atoms with van der Waals surface area (Å²) in [5.41, 5.74) is 2.24. The van der Waals surface area contributed by atoms with Gasteiger partial charge >= 0.3 is 0 Å². The highest BCUT2D eigenvalue weighted by molar-refractivity contribution is 9.10. The molecule has 1 aromatic heterocycles. The van der Waals surface area contributed by atoms with Crippen LogP contribution in [0.5, 0.6) is 5.75 Å². The van der Waals surface area contributed by atoms with Gasteiger partial charge in [-0.05, 0) is 33.6 Å². The van der Waals surface area contributed by atoms with Gasteiger partial charge in [0.1, 0.15) is 12.4 Å². The van der Waals surface area contributed by atoms with Crippen molar-refractivity contribution in [3.05, 3.63) is 64.8 Å². The zero-order chi connectivity index (χ0) is 12.4. The van der Waals surface area contributed by atoms with Crippen LogP contribution in [0, 0.1) is 0 Å². The standard InChI is InChI=1S/C15H12BrNO/c16-12-9-17-13-7-4-8-14(15(12)13)18-10-11-5-2-1-3-6-11/h1-9,17H,10H2. The Morgan fingerprint density at radius 2 is 1.83 bits per heavy atom. The molecule has 0 radical (unpaired) electrons. The summed E-state index contributed by atoms with van der Waals surface area (Å²) in [5, 5.41) is 1.09. The minimum absolute atomic E-state index is 0.581. The number of hydrogen-bond acceptors (Lipinski definition) is 1. The van der Waals surface area contributed by atoms with E-state index >= 15 is 0 Å². The van der Waals surface area contributed by atoms with Crippen LogP contribution in [0.25, 0.3) is 10.9 Å². The fraction of sp³-hybridized carbons (Fsp3) is 0.0667. The molecule has 2 aromatic carbocycles. The molecular weight excluding hydrogens is 290 g/mol. The van der Waals surface area contributed by atoms with E-state index in [9.17, 15) is 0 Å². The molecule has 0 fully saturated rings. The van der Waals surface area contributed by atoms with Crippen LogP contribution in [0.15, 0.2) is 59.2 Å². The molecule has 3 aromatic rings. The summed E-state index contributed by atoms with van der Waals surface area (Å²) in [6, 6.07) is 16.2. The maximum atomic E-state index is 5.89. The molecule has 18 heavy (non-hydrogen) atoms. The first-order chi connectivity index (χ1) is 8.84. The third-order valence-electron chi connectivity index (χ3n) is 2.86. The van der Waals surface area contributed by atoms with E-state index in [-0.39, 0.29) is 0 Å². The number of nitrogens with one attached hydrogen (secondary N) is 1. The Balaban J connectivity index is 1.89. The van der Waals surface area contributed by atoms with E-state index in [1.165, 1.54) is 5.56 Å². The minimum Gasteiger partial charge on any atom is -0.488 e. The van der Waals surface area contributed by atoms with Crippen LogP contribution in [0.4, 0.5) is 0 Å². The molecule has 3 heteroatoms. The first-order valence-corrected chi connectivity index (χ1v) is 6.56. The summed E-state index contributed by atoms with van der Waals surface area (Å²) in [5.74, 6) is 0.893. The van der Waals surface area contributed by atoms with Crippen molar-refractivity contribution in [3.63, 3.8) is 0 Å². The Hall–Kier alpha value is -1.74. The Morgan fingerprint density at radius 1 is 1.00 bits per heavy atom. The second-order valence-corrected chi connectivity index (χ2v) is 4.94. The van der Waals surface area contributed by atoms with E-state index in [1.807, 2.05) is 42.6 Å². The molecule has 0 saturated heterocycles. The van der Waals surface area contributed by atoms with Gasteiger partial charge in [0.15, 0.2) is 0 Å². The molecule has 0 bridgehead atoms. The number of rotatable bonds is 3. The molecule has 0 amide bonds. The summed E-state index contributed by atoms with van der Waals surface area (Å²) in [6.07, 6.45) is 1.93. The molecule has 1 heterocycles. The normalized spacial score (nSPS) is 10.7. The van der Waals surface area contributed by atoms with Gasteiger partial charge in [0.05, 0.1) is 10.9 Å². The van der Waals surface area contributed by atoms with Gasteiger partial charge in [-0.15, -0.1) is 0 Å². The molecule has 2 nitrogen and oxygen atoms in total. The number of ether oxygens (including phenoxy) is 1. The molecule has 0 atom stereocenters.